The molecular weight excluding hydrogens is 369 g/mol. The predicted octanol–water partition coefficient (Wildman–Crippen LogP) is 3.62. The summed E-state index contributed by atoms with van der Waals surface area (Å²) in [7, 11) is 0. The van der Waals surface area contributed by atoms with Crippen LogP contribution in [0.2, 0.25) is 0 Å². The standard InChI is InChI=1S/C21H21F3N2O2/c22-21(23,24)18-8-4-7-17(15-18)20(28)26-13-11-25(12-14-26)19(27)10-9-16-5-2-1-3-6-16/h1-8,15H,9-14H2. The van der Waals surface area contributed by atoms with Gasteiger partial charge in [-0.05, 0) is 30.2 Å². The van der Waals surface area contributed by atoms with Gasteiger partial charge in [-0.1, -0.05) is 36.4 Å². The fourth-order valence-corrected chi connectivity index (χ4v) is 3.22. The van der Waals surface area contributed by atoms with Gasteiger partial charge in [0, 0.05) is 38.2 Å². The van der Waals surface area contributed by atoms with Gasteiger partial charge in [-0.15, -0.1) is 0 Å². The number of carbonyl (C=O) groups excluding carboxylic acids is 2. The Morgan fingerprint density at radius 2 is 1.50 bits per heavy atom. The molecule has 28 heavy (non-hydrogen) atoms. The first-order chi connectivity index (χ1) is 13.3. The normalized spacial score (nSPS) is 14.8. The molecule has 1 saturated heterocycles. The van der Waals surface area contributed by atoms with Crippen LogP contribution in [-0.2, 0) is 17.4 Å². The second kappa shape index (κ2) is 8.46. The highest BCUT2D eigenvalue weighted by Gasteiger charge is 2.32. The zero-order chi connectivity index (χ0) is 20.1. The number of benzene rings is 2. The van der Waals surface area contributed by atoms with E-state index in [1.54, 1.807) is 4.90 Å². The Morgan fingerprint density at radius 1 is 0.857 bits per heavy atom. The van der Waals surface area contributed by atoms with E-state index in [1.165, 1.54) is 17.0 Å². The highest BCUT2D eigenvalue weighted by atomic mass is 19.4. The molecule has 2 amide bonds. The van der Waals surface area contributed by atoms with Gasteiger partial charge in [-0.25, -0.2) is 0 Å². The Balaban J connectivity index is 1.53. The lowest BCUT2D eigenvalue weighted by atomic mass is 10.1. The van der Waals surface area contributed by atoms with Crippen molar-refractivity contribution in [3.63, 3.8) is 0 Å². The second-order valence-corrected chi connectivity index (χ2v) is 6.74. The van der Waals surface area contributed by atoms with Gasteiger partial charge in [0.2, 0.25) is 5.91 Å². The number of rotatable bonds is 4. The van der Waals surface area contributed by atoms with Gasteiger partial charge in [0.25, 0.3) is 5.91 Å². The second-order valence-electron chi connectivity index (χ2n) is 6.74. The average Bonchev–Trinajstić information content (AvgIpc) is 2.72. The third-order valence-electron chi connectivity index (χ3n) is 4.83. The van der Waals surface area contributed by atoms with Crippen molar-refractivity contribution < 1.29 is 22.8 Å². The molecule has 0 unspecified atom stereocenters. The number of hydrogen-bond acceptors (Lipinski definition) is 2. The molecule has 7 heteroatoms. The molecule has 1 heterocycles. The Bertz CT molecular complexity index is 829. The molecule has 2 aromatic carbocycles. The number of alkyl halides is 3. The third-order valence-corrected chi connectivity index (χ3v) is 4.83. The summed E-state index contributed by atoms with van der Waals surface area (Å²) < 4.78 is 38.5. The number of amides is 2. The molecule has 0 spiro atoms. The van der Waals surface area contributed by atoms with Gasteiger partial charge in [-0.3, -0.25) is 9.59 Å². The van der Waals surface area contributed by atoms with Crippen molar-refractivity contribution >= 4 is 11.8 Å². The fraction of sp³-hybridized carbons (Fsp3) is 0.333. The SMILES string of the molecule is O=C(CCc1ccccc1)N1CCN(C(=O)c2cccc(C(F)(F)F)c2)CC1. The van der Waals surface area contributed by atoms with Gasteiger partial charge in [0.1, 0.15) is 0 Å². The highest BCUT2D eigenvalue weighted by Crippen LogP contribution is 2.29. The van der Waals surface area contributed by atoms with E-state index in [-0.39, 0.29) is 11.5 Å². The number of piperazine rings is 1. The first-order valence-electron chi connectivity index (χ1n) is 9.13. The van der Waals surface area contributed by atoms with Gasteiger partial charge in [-0.2, -0.15) is 13.2 Å². The van der Waals surface area contributed by atoms with Crippen molar-refractivity contribution in [3.8, 4) is 0 Å². The van der Waals surface area contributed by atoms with E-state index in [9.17, 15) is 22.8 Å². The summed E-state index contributed by atoms with van der Waals surface area (Å²) >= 11 is 0. The minimum absolute atomic E-state index is 0.0127. The molecule has 0 atom stereocenters. The maximum atomic E-state index is 12.8. The fourth-order valence-electron chi connectivity index (χ4n) is 3.22. The number of carbonyl (C=O) groups is 2. The third kappa shape index (κ3) is 4.91. The molecule has 2 aromatic rings. The summed E-state index contributed by atoms with van der Waals surface area (Å²) in [5.41, 5.74) is 0.265. The number of halogens is 3. The summed E-state index contributed by atoms with van der Waals surface area (Å²) in [6.07, 6.45) is -3.44. The van der Waals surface area contributed by atoms with E-state index in [1.807, 2.05) is 30.3 Å². The molecular formula is C21H21F3N2O2. The van der Waals surface area contributed by atoms with Gasteiger partial charge in [0.05, 0.1) is 5.56 Å². The van der Waals surface area contributed by atoms with Crippen molar-refractivity contribution in [2.75, 3.05) is 26.2 Å². The van der Waals surface area contributed by atoms with Crippen LogP contribution in [0.4, 0.5) is 13.2 Å². The predicted molar refractivity (Wildman–Crippen MR) is 98.7 cm³/mol. The molecule has 3 rings (SSSR count). The summed E-state index contributed by atoms with van der Waals surface area (Å²) in [6, 6.07) is 14.2. The van der Waals surface area contributed by atoms with Crippen LogP contribution < -0.4 is 0 Å². The lowest BCUT2D eigenvalue weighted by molar-refractivity contribution is -0.137. The molecule has 1 aliphatic rings. The van der Waals surface area contributed by atoms with Crippen molar-refractivity contribution in [2.24, 2.45) is 0 Å². The molecule has 4 nitrogen and oxygen atoms in total. The van der Waals surface area contributed by atoms with Crippen LogP contribution in [0, 0.1) is 0 Å². The summed E-state index contributed by atoms with van der Waals surface area (Å²) in [5, 5.41) is 0. The molecule has 0 bridgehead atoms. The molecule has 1 fully saturated rings. The molecule has 0 saturated carbocycles. The molecule has 1 aliphatic heterocycles. The topological polar surface area (TPSA) is 40.6 Å². The molecule has 148 valence electrons. The van der Waals surface area contributed by atoms with Gasteiger partial charge < -0.3 is 9.80 Å². The lowest BCUT2D eigenvalue weighted by Crippen LogP contribution is -2.50. The zero-order valence-corrected chi connectivity index (χ0v) is 15.3. The summed E-state index contributed by atoms with van der Waals surface area (Å²) in [4.78, 5) is 28.1. The van der Waals surface area contributed by atoms with Crippen molar-refractivity contribution in [1.29, 1.82) is 0 Å². The molecule has 0 N–H and O–H groups in total. The Morgan fingerprint density at radius 3 is 2.14 bits per heavy atom. The monoisotopic (exact) mass is 390 g/mol. The molecule has 0 aliphatic carbocycles. The maximum absolute atomic E-state index is 12.8. The van der Waals surface area contributed by atoms with Crippen LogP contribution >= 0.6 is 0 Å². The van der Waals surface area contributed by atoms with Crippen molar-refractivity contribution in [3.05, 3.63) is 71.3 Å². The first kappa shape index (κ1) is 19.9. The average molecular weight is 390 g/mol. The van der Waals surface area contributed by atoms with E-state index in [2.05, 4.69) is 0 Å². The summed E-state index contributed by atoms with van der Waals surface area (Å²) in [6.45, 7) is 1.40. The highest BCUT2D eigenvalue weighted by molar-refractivity contribution is 5.94. The minimum atomic E-state index is -4.49. The molecule has 0 aromatic heterocycles. The number of hydrogen-bond donors (Lipinski definition) is 0. The van der Waals surface area contributed by atoms with Gasteiger partial charge >= 0.3 is 6.18 Å². The lowest BCUT2D eigenvalue weighted by Gasteiger charge is -2.35. The first-order valence-corrected chi connectivity index (χ1v) is 9.13. The van der Waals surface area contributed by atoms with Crippen LogP contribution in [0.1, 0.15) is 27.9 Å². The van der Waals surface area contributed by atoms with Crippen LogP contribution in [0.15, 0.2) is 54.6 Å². The van der Waals surface area contributed by atoms with Crippen LogP contribution in [0.3, 0.4) is 0 Å². The Hall–Kier alpha value is -2.83. The van der Waals surface area contributed by atoms with Crippen LogP contribution in [0.25, 0.3) is 0 Å². The Labute approximate surface area is 161 Å². The van der Waals surface area contributed by atoms with Crippen LogP contribution in [-0.4, -0.2) is 47.8 Å². The minimum Gasteiger partial charge on any atom is -0.339 e. The smallest absolute Gasteiger partial charge is 0.339 e. The van der Waals surface area contributed by atoms with Gasteiger partial charge in [0.15, 0.2) is 0 Å². The largest absolute Gasteiger partial charge is 0.416 e. The quantitative estimate of drug-likeness (QED) is 0.800. The van der Waals surface area contributed by atoms with E-state index in [4.69, 9.17) is 0 Å². The van der Waals surface area contributed by atoms with E-state index in [0.717, 1.165) is 17.7 Å². The van der Waals surface area contributed by atoms with E-state index < -0.39 is 17.6 Å². The Kier molecular flexibility index (Phi) is 6.02. The van der Waals surface area contributed by atoms with E-state index in [0.29, 0.717) is 39.0 Å². The molecule has 0 radical (unpaired) electrons. The number of aryl methyl sites for hydroxylation is 1. The van der Waals surface area contributed by atoms with E-state index >= 15 is 0 Å². The maximum Gasteiger partial charge on any atom is 0.416 e. The van der Waals surface area contributed by atoms with Crippen molar-refractivity contribution in [1.82, 2.24) is 9.80 Å². The zero-order valence-electron chi connectivity index (χ0n) is 15.3. The van der Waals surface area contributed by atoms with Crippen LogP contribution in [0.5, 0.6) is 0 Å². The van der Waals surface area contributed by atoms with Crippen molar-refractivity contribution in [2.45, 2.75) is 19.0 Å². The summed E-state index contributed by atoms with van der Waals surface area (Å²) in [5.74, 6) is -0.419. The number of nitrogens with zero attached hydrogens (tertiary/aromatic N) is 2.